The van der Waals surface area contributed by atoms with E-state index in [0.717, 1.165) is 11.1 Å². The lowest BCUT2D eigenvalue weighted by molar-refractivity contribution is 0.299. The molecule has 25 heavy (non-hydrogen) atoms. The van der Waals surface area contributed by atoms with Gasteiger partial charge < -0.3 is 9.84 Å². The van der Waals surface area contributed by atoms with Gasteiger partial charge in [0.15, 0.2) is 0 Å². The Morgan fingerprint density at radius 1 is 1.00 bits per heavy atom. The minimum Gasteiger partial charge on any atom is -0.457 e. The summed E-state index contributed by atoms with van der Waals surface area (Å²) in [6.07, 6.45) is 0.468. The summed E-state index contributed by atoms with van der Waals surface area (Å²) in [5.41, 5.74) is 2.67. The van der Waals surface area contributed by atoms with E-state index < -0.39 is 0 Å². The van der Waals surface area contributed by atoms with E-state index in [1.54, 1.807) is 30.3 Å². The third-order valence-corrected chi connectivity index (χ3v) is 3.60. The van der Waals surface area contributed by atoms with Gasteiger partial charge in [0.2, 0.25) is 0 Å². The fraction of sp³-hybridized carbons (Fsp3) is 0.100. The standard InChI is InChI=1S/C20H15FN2O2/c21-16-3-7-19(8-4-16)25-18-5-1-15(2-6-18)20-12-14(9-10-24)11-17(13-22)23-20/h1-8,11-12,24H,9-10H2. The molecule has 1 heterocycles. The zero-order chi connectivity index (χ0) is 17.6. The number of hydrogen-bond acceptors (Lipinski definition) is 4. The number of aliphatic hydroxyl groups excluding tert-OH is 1. The fourth-order valence-electron chi connectivity index (χ4n) is 2.40. The zero-order valence-corrected chi connectivity index (χ0v) is 13.3. The zero-order valence-electron chi connectivity index (χ0n) is 13.3. The quantitative estimate of drug-likeness (QED) is 0.763. The van der Waals surface area contributed by atoms with Crippen LogP contribution in [0.2, 0.25) is 0 Å². The van der Waals surface area contributed by atoms with Crippen molar-refractivity contribution in [3.8, 4) is 28.8 Å². The Bertz CT molecular complexity index is 900. The van der Waals surface area contributed by atoms with Gasteiger partial charge in [-0.15, -0.1) is 0 Å². The molecule has 124 valence electrons. The van der Waals surface area contributed by atoms with Crippen LogP contribution in [0.1, 0.15) is 11.3 Å². The van der Waals surface area contributed by atoms with Crippen molar-refractivity contribution in [3.63, 3.8) is 0 Å². The lowest BCUT2D eigenvalue weighted by Crippen LogP contribution is -1.96. The normalized spacial score (nSPS) is 10.3. The Balaban J connectivity index is 1.83. The van der Waals surface area contributed by atoms with E-state index in [-0.39, 0.29) is 12.4 Å². The van der Waals surface area contributed by atoms with Gasteiger partial charge in [-0.25, -0.2) is 9.37 Å². The summed E-state index contributed by atoms with van der Waals surface area (Å²) in [6, 6.07) is 18.6. The SMILES string of the molecule is N#Cc1cc(CCO)cc(-c2ccc(Oc3ccc(F)cc3)cc2)n1. The van der Waals surface area contributed by atoms with Crippen LogP contribution in [-0.4, -0.2) is 16.7 Å². The van der Waals surface area contributed by atoms with E-state index in [2.05, 4.69) is 4.98 Å². The minimum atomic E-state index is -0.315. The van der Waals surface area contributed by atoms with Crippen LogP contribution in [0, 0.1) is 17.1 Å². The summed E-state index contributed by atoms with van der Waals surface area (Å²) in [6.45, 7) is 0.0127. The molecule has 5 heteroatoms. The molecule has 0 bridgehead atoms. The number of aliphatic hydroxyl groups is 1. The Kier molecular flexibility index (Phi) is 5.03. The molecular weight excluding hydrogens is 319 g/mol. The van der Waals surface area contributed by atoms with Gasteiger partial charge in [0.1, 0.15) is 29.1 Å². The number of rotatable bonds is 5. The Hall–Kier alpha value is -3.23. The number of hydrogen-bond donors (Lipinski definition) is 1. The van der Waals surface area contributed by atoms with Crippen molar-refractivity contribution in [1.29, 1.82) is 5.26 Å². The van der Waals surface area contributed by atoms with Gasteiger partial charge in [0, 0.05) is 12.2 Å². The smallest absolute Gasteiger partial charge is 0.141 e. The summed E-state index contributed by atoms with van der Waals surface area (Å²) in [5, 5.41) is 18.2. The maximum Gasteiger partial charge on any atom is 0.141 e. The van der Waals surface area contributed by atoms with Gasteiger partial charge in [0.05, 0.1) is 5.69 Å². The van der Waals surface area contributed by atoms with Crippen molar-refractivity contribution in [3.05, 3.63) is 77.7 Å². The monoisotopic (exact) mass is 334 g/mol. The van der Waals surface area contributed by atoms with Gasteiger partial charge in [-0.1, -0.05) is 0 Å². The molecule has 3 rings (SSSR count). The van der Waals surface area contributed by atoms with Crippen LogP contribution in [0.3, 0.4) is 0 Å². The molecule has 0 fully saturated rings. The summed E-state index contributed by atoms with van der Waals surface area (Å²) >= 11 is 0. The van der Waals surface area contributed by atoms with E-state index in [9.17, 15) is 4.39 Å². The highest BCUT2D eigenvalue weighted by Crippen LogP contribution is 2.26. The second kappa shape index (κ2) is 7.56. The first-order chi connectivity index (χ1) is 12.2. The van der Waals surface area contributed by atoms with E-state index in [1.165, 1.54) is 12.1 Å². The van der Waals surface area contributed by atoms with Crippen molar-refractivity contribution in [1.82, 2.24) is 4.98 Å². The largest absolute Gasteiger partial charge is 0.457 e. The van der Waals surface area contributed by atoms with Gasteiger partial charge in [-0.3, -0.25) is 0 Å². The van der Waals surface area contributed by atoms with Crippen LogP contribution >= 0.6 is 0 Å². The molecule has 0 saturated heterocycles. The number of nitrogens with zero attached hydrogens (tertiary/aromatic N) is 2. The molecule has 0 saturated carbocycles. The van der Waals surface area contributed by atoms with E-state index in [0.29, 0.717) is 29.3 Å². The van der Waals surface area contributed by atoms with Gasteiger partial charge in [0.25, 0.3) is 0 Å². The third kappa shape index (κ3) is 4.19. The molecule has 1 aromatic heterocycles. The topological polar surface area (TPSA) is 66.1 Å². The van der Waals surface area contributed by atoms with Gasteiger partial charge >= 0.3 is 0 Å². The molecule has 0 aliphatic rings. The number of pyridine rings is 1. The van der Waals surface area contributed by atoms with Crippen LogP contribution in [0.5, 0.6) is 11.5 Å². The Morgan fingerprint density at radius 3 is 2.24 bits per heavy atom. The molecule has 1 N–H and O–H groups in total. The molecule has 0 spiro atoms. The minimum absolute atomic E-state index is 0.0127. The lowest BCUT2D eigenvalue weighted by atomic mass is 10.1. The first-order valence-corrected chi connectivity index (χ1v) is 7.74. The van der Waals surface area contributed by atoms with Crippen molar-refractivity contribution in [2.45, 2.75) is 6.42 Å². The third-order valence-electron chi connectivity index (χ3n) is 3.60. The molecule has 0 radical (unpaired) electrons. The molecule has 0 aliphatic carbocycles. The maximum absolute atomic E-state index is 12.9. The average molecular weight is 334 g/mol. The summed E-state index contributed by atoms with van der Waals surface area (Å²) in [4.78, 5) is 4.30. The predicted molar refractivity (Wildman–Crippen MR) is 91.7 cm³/mol. The predicted octanol–water partition coefficient (Wildman–Crippen LogP) is 4.09. The number of benzene rings is 2. The van der Waals surface area contributed by atoms with E-state index in [4.69, 9.17) is 15.1 Å². The van der Waals surface area contributed by atoms with Crippen LogP contribution in [-0.2, 0) is 6.42 Å². The molecular formula is C20H15FN2O2. The highest BCUT2D eigenvalue weighted by molar-refractivity contribution is 5.62. The second-order valence-corrected chi connectivity index (χ2v) is 5.41. The second-order valence-electron chi connectivity index (χ2n) is 5.41. The number of aromatic nitrogens is 1. The molecule has 4 nitrogen and oxygen atoms in total. The van der Waals surface area contributed by atoms with Crippen molar-refractivity contribution >= 4 is 0 Å². The number of halogens is 1. The van der Waals surface area contributed by atoms with Crippen LogP contribution in [0.15, 0.2) is 60.7 Å². The van der Waals surface area contributed by atoms with Crippen LogP contribution in [0.4, 0.5) is 4.39 Å². The molecule has 0 unspecified atom stereocenters. The fourth-order valence-corrected chi connectivity index (χ4v) is 2.40. The highest BCUT2D eigenvalue weighted by Gasteiger charge is 2.06. The first kappa shape index (κ1) is 16.6. The van der Waals surface area contributed by atoms with Crippen molar-refractivity contribution in [2.24, 2.45) is 0 Å². The van der Waals surface area contributed by atoms with Crippen LogP contribution in [0.25, 0.3) is 11.3 Å². The maximum atomic E-state index is 12.9. The van der Waals surface area contributed by atoms with Crippen molar-refractivity contribution < 1.29 is 14.2 Å². The highest BCUT2D eigenvalue weighted by atomic mass is 19.1. The average Bonchev–Trinajstić information content (AvgIpc) is 2.64. The lowest BCUT2D eigenvalue weighted by Gasteiger charge is -2.08. The number of ether oxygens (including phenoxy) is 1. The Morgan fingerprint density at radius 2 is 1.64 bits per heavy atom. The van der Waals surface area contributed by atoms with E-state index in [1.807, 2.05) is 24.3 Å². The number of nitriles is 1. The Labute approximate surface area is 144 Å². The molecule has 3 aromatic rings. The van der Waals surface area contributed by atoms with E-state index >= 15 is 0 Å². The van der Waals surface area contributed by atoms with Gasteiger partial charge in [-0.05, 0) is 72.6 Å². The molecule has 0 atom stereocenters. The first-order valence-electron chi connectivity index (χ1n) is 7.74. The summed E-state index contributed by atoms with van der Waals surface area (Å²) in [5.74, 6) is 0.844. The molecule has 2 aromatic carbocycles. The van der Waals surface area contributed by atoms with Crippen LogP contribution < -0.4 is 4.74 Å². The molecule has 0 aliphatic heterocycles. The van der Waals surface area contributed by atoms with Crippen molar-refractivity contribution in [2.75, 3.05) is 6.61 Å². The summed E-state index contributed by atoms with van der Waals surface area (Å²) < 4.78 is 18.6. The van der Waals surface area contributed by atoms with Gasteiger partial charge in [-0.2, -0.15) is 5.26 Å². The summed E-state index contributed by atoms with van der Waals surface area (Å²) in [7, 11) is 0. The molecule has 0 amide bonds.